The number of aliphatic hydroxyl groups excluding tert-OH is 1. The molecule has 21 heavy (non-hydrogen) atoms. The van der Waals surface area contributed by atoms with E-state index in [4.69, 9.17) is 4.74 Å². The molecule has 0 bridgehead atoms. The van der Waals surface area contributed by atoms with Gasteiger partial charge in [-0.2, -0.15) is 0 Å². The minimum atomic E-state index is -0.421. The molecule has 0 radical (unpaired) electrons. The summed E-state index contributed by atoms with van der Waals surface area (Å²) in [6.07, 6.45) is 5.35. The predicted molar refractivity (Wildman–Crippen MR) is 85.2 cm³/mol. The first kappa shape index (κ1) is 18.3. The number of aliphatic hydroxyl groups is 1. The summed E-state index contributed by atoms with van der Waals surface area (Å²) < 4.78 is 5.46. The molecule has 1 unspecified atom stereocenters. The Kier molecular flexibility index (Phi) is 6.51. The summed E-state index contributed by atoms with van der Waals surface area (Å²) in [6, 6.07) is 0. The summed E-state index contributed by atoms with van der Waals surface area (Å²) in [5.74, 6) is 0.570. The molecular formula is C17H33NO3. The van der Waals surface area contributed by atoms with E-state index >= 15 is 0 Å². The zero-order valence-electron chi connectivity index (χ0n) is 14.4. The quantitative estimate of drug-likeness (QED) is 0.839. The SMILES string of the molecule is CC(C)(CO)CCCC1CCCN(C(=O)OC(C)(C)C)C1. The number of nitrogens with zero attached hydrogens (tertiary/aromatic N) is 1. The van der Waals surface area contributed by atoms with Crippen LogP contribution in [0.25, 0.3) is 0 Å². The Bertz CT molecular complexity index is 333. The van der Waals surface area contributed by atoms with Crippen molar-refractivity contribution in [3.8, 4) is 0 Å². The van der Waals surface area contributed by atoms with Gasteiger partial charge in [0.2, 0.25) is 0 Å². The summed E-state index contributed by atoms with van der Waals surface area (Å²) in [6.45, 7) is 11.8. The van der Waals surface area contributed by atoms with Crippen molar-refractivity contribution in [1.29, 1.82) is 0 Å². The van der Waals surface area contributed by atoms with Crippen molar-refractivity contribution in [2.75, 3.05) is 19.7 Å². The van der Waals surface area contributed by atoms with E-state index in [0.717, 1.165) is 38.8 Å². The van der Waals surface area contributed by atoms with Crippen LogP contribution in [0.4, 0.5) is 4.79 Å². The highest BCUT2D eigenvalue weighted by atomic mass is 16.6. The number of rotatable bonds is 5. The van der Waals surface area contributed by atoms with Gasteiger partial charge in [0, 0.05) is 19.7 Å². The van der Waals surface area contributed by atoms with Crippen LogP contribution >= 0.6 is 0 Å². The fourth-order valence-corrected chi connectivity index (χ4v) is 2.74. The Balaban J connectivity index is 2.37. The molecule has 0 saturated carbocycles. The van der Waals surface area contributed by atoms with Gasteiger partial charge >= 0.3 is 6.09 Å². The second-order valence-electron chi connectivity index (χ2n) is 8.15. The van der Waals surface area contributed by atoms with Crippen LogP contribution in [0.15, 0.2) is 0 Å². The van der Waals surface area contributed by atoms with E-state index in [9.17, 15) is 9.90 Å². The molecule has 1 atom stereocenters. The largest absolute Gasteiger partial charge is 0.444 e. The second kappa shape index (κ2) is 7.48. The van der Waals surface area contributed by atoms with Gasteiger partial charge < -0.3 is 14.7 Å². The van der Waals surface area contributed by atoms with Gasteiger partial charge in [0.15, 0.2) is 0 Å². The number of ether oxygens (including phenoxy) is 1. The second-order valence-corrected chi connectivity index (χ2v) is 8.15. The fourth-order valence-electron chi connectivity index (χ4n) is 2.74. The monoisotopic (exact) mass is 299 g/mol. The molecule has 4 heteroatoms. The third kappa shape index (κ3) is 7.16. The Morgan fingerprint density at radius 3 is 2.52 bits per heavy atom. The normalized spacial score (nSPS) is 20.5. The van der Waals surface area contributed by atoms with Crippen LogP contribution in [0.3, 0.4) is 0 Å². The van der Waals surface area contributed by atoms with E-state index in [2.05, 4.69) is 13.8 Å². The minimum Gasteiger partial charge on any atom is -0.444 e. The molecule has 1 amide bonds. The van der Waals surface area contributed by atoms with Crippen molar-refractivity contribution in [3.63, 3.8) is 0 Å². The molecule has 0 spiro atoms. The molecule has 1 fully saturated rings. The Hall–Kier alpha value is -0.770. The van der Waals surface area contributed by atoms with Gasteiger partial charge in [-0.15, -0.1) is 0 Å². The van der Waals surface area contributed by atoms with Crippen LogP contribution in [0.5, 0.6) is 0 Å². The maximum absolute atomic E-state index is 12.1. The first-order valence-electron chi connectivity index (χ1n) is 8.22. The third-order valence-corrected chi connectivity index (χ3v) is 4.06. The summed E-state index contributed by atoms with van der Waals surface area (Å²) >= 11 is 0. The van der Waals surface area contributed by atoms with E-state index in [1.165, 1.54) is 6.42 Å². The van der Waals surface area contributed by atoms with Gasteiger partial charge in [-0.05, 0) is 57.8 Å². The van der Waals surface area contributed by atoms with E-state index in [1.807, 2.05) is 25.7 Å². The molecule has 0 aromatic carbocycles. The number of hydrogen-bond donors (Lipinski definition) is 1. The van der Waals surface area contributed by atoms with Crippen LogP contribution in [0.2, 0.25) is 0 Å². The lowest BCUT2D eigenvalue weighted by Gasteiger charge is -2.34. The maximum Gasteiger partial charge on any atom is 0.410 e. The number of piperidine rings is 1. The van der Waals surface area contributed by atoms with Crippen LogP contribution in [-0.2, 0) is 4.74 Å². The summed E-state index contributed by atoms with van der Waals surface area (Å²) in [5, 5.41) is 9.28. The molecule has 1 heterocycles. The predicted octanol–water partition coefficient (Wildman–Crippen LogP) is 3.82. The average molecular weight is 299 g/mol. The molecule has 1 N–H and O–H groups in total. The Morgan fingerprint density at radius 2 is 1.95 bits per heavy atom. The van der Waals surface area contributed by atoms with E-state index in [1.54, 1.807) is 0 Å². The van der Waals surface area contributed by atoms with Gasteiger partial charge in [-0.25, -0.2) is 4.79 Å². The number of amides is 1. The fraction of sp³-hybridized carbons (Fsp3) is 0.941. The standard InChI is InChI=1S/C17H33NO3/c1-16(2,3)21-15(20)18-11-7-9-14(12-18)8-6-10-17(4,5)13-19/h14,19H,6-13H2,1-5H3. The third-order valence-electron chi connectivity index (χ3n) is 4.06. The first-order valence-corrected chi connectivity index (χ1v) is 8.22. The van der Waals surface area contributed by atoms with Gasteiger partial charge in [0.05, 0.1) is 0 Å². The van der Waals surface area contributed by atoms with Crippen molar-refractivity contribution in [2.45, 2.75) is 72.3 Å². The average Bonchev–Trinajstić information content (AvgIpc) is 2.37. The van der Waals surface area contributed by atoms with Crippen molar-refractivity contribution in [3.05, 3.63) is 0 Å². The molecule has 1 saturated heterocycles. The lowest BCUT2D eigenvalue weighted by atomic mass is 9.85. The van der Waals surface area contributed by atoms with Crippen LogP contribution < -0.4 is 0 Å². The highest BCUT2D eigenvalue weighted by Crippen LogP contribution is 2.27. The number of hydrogen-bond acceptors (Lipinski definition) is 3. The van der Waals surface area contributed by atoms with E-state index < -0.39 is 5.60 Å². The van der Waals surface area contributed by atoms with Gasteiger partial charge in [-0.3, -0.25) is 0 Å². The van der Waals surface area contributed by atoms with Crippen LogP contribution in [-0.4, -0.2) is 41.4 Å². The van der Waals surface area contributed by atoms with Crippen molar-refractivity contribution < 1.29 is 14.6 Å². The van der Waals surface area contributed by atoms with E-state index in [0.29, 0.717) is 5.92 Å². The Morgan fingerprint density at radius 1 is 1.29 bits per heavy atom. The topological polar surface area (TPSA) is 49.8 Å². The molecule has 0 aliphatic carbocycles. The molecule has 4 nitrogen and oxygen atoms in total. The van der Waals surface area contributed by atoms with Crippen LogP contribution in [0, 0.1) is 11.3 Å². The van der Waals surface area contributed by atoms with Crippen LogP contribution in [0.1, 0.15) is 66.7 Å². The molecule has 1 aliphatic rings. The van der Waals surface area contributed by atoms with Gasteiger partial charge in [0.1, 0.15) is 5.60 Å². The van der Waals surface area contributed by atoms with E-state index in [-0.39, 0.29) is 18.1 Å². The smallest absolute Gasteiger partial charge is 0.410 e. The van der Waals surface area contributed by atoms with Gasteiger partial charge in [0.25, 0.3) is 0 Å². The molecule has 0 aromatic rings. The molecule has 1 aliphatic heterocycles. The molecule has 1 rings (SSSR count). The lowest BCUT2D eigenvalue weighted by Crippen LogP contribution is -2.42. The highest BCUT2D eigenvalue weighted by molar-refractivity contribution is 5.68. The summed E-state index contributed by atoms with van der Waals surface area (Å²) in [7, 11) is 0. The Labute approximate surface area is 129 Å². The molecular weight excluding hydrogens is 266 g/mol. The highest BCUT2D eigenvalue weighted by Gasteiger charge is 2.27. The van der Waals surface area contributed by atoms with Crippen molar-refractivity contribution in [1.82, 2.24) is 4.90 Å². The van der Waals surface area contributed by atoms with Crippen molar-refractivity contribution >= 4 is 6.09 Å². The zero-order chi connectivity index (χ0) is 16.1. The molecule has 0 aromatic heterocycles. The maximum atomic E-state index is 12.1. The first-order chi connectivity index (χ1) is 9.63. The zero-order valence-corrected chi connectivity index (χ0v) is 14.4. The summed E-state index contributed by atoms with van der Waals surface area (Å²) in [4.78, 5) is 14.0. The number of carbonyl (C=O) groups is 1. The lowest BCUT2D eigenvalue weighted by molar-refractivity contribution is 0.0158. The number of likely N-dealkylation sites (tertiary alicyclic amines) is 1. The van der Waals surface area contributed by atoms with Gasteiger partial charge in [-0.1, -0.05) is 20.3 Å². The number of carbonyl (C=O) groups excluding carboxylic acids is 1. The molecule has 124 valence electrons. The summed E-state index contributed by atoms with van der Waals surface area (Å²) in [5.41, 5.74) is -0.408. The minimum absolute atomic E-state index is 0.0134. The van der Waals surface area contributed by atoms with Crippen molar-refractivity contribution in [2.24, 2.45) is 11.3 Å².